The lowest BCUT2D eigenvalue weighted by Crippen LogP contribution is -2.40. The lowest BCUT2D eigenvalue weighted by atomic mass is 9.61. The largest absolute Gasteiger partial charge is 0.196 e. The summed E-state index contributed by atoms with van der Waals surface area (Å²) in [6, 6.07) is 17.9. The first-order chi connectivity index (χ1) is 11.7. The summed E-state index contributed by atoms with van der Waals surface area (Å²) < 4.78 is 0. The van der Waals surface area contributed by atoms with Crippen LogP contribution in [0.5, 0.6) is 0 Å². The van der Waals surface area contributed by atoms with Gasteiger partial charge in [0, 0.05) is 11.8 Å². The highest BCUT2D eigenvalue weighted by molar-refractivity contribution is 5.75. The number of benzene rings is 1. The Labute approximate surface area is 140 Å². The van der Waals surface area contributed by atoms with Crippen LogP contribution in [0.3, 0.4) is 0 Å². The normalized spacial score (nSPS) is 32.8. The summed E-state index contributed by atoms with van der Waals surface area (Å²) >= 11 is 0. The third kappa shape index (κ3) is 1.31. The highest BCUT2D eigenvalue weighted by atomic mass is 14.7. The van der Waals surface area contributed by atoms with E-state index in [0.717, 1.165) is 11.1 Å². The van der Waals surface area contributed by atoms with Gasteiger partial charge in [-0.05, 0) is 23.0 Å². The summed E-state index contributed by atoms with van der Waals surface area (Å²) in [6.07, 6.45) is 5.98. The van der Waals surface area contributed by atoms with Crippen LogP contribution in [0.1, 0.15) is 5.56 Å². The number of rotatable bonds is 1. The fraction of sp³-hybridized carbons (Fsp3) is 0.300. The molecule has 3 aliphatic rings. The molecule has 0 saturated heterocycles. The first-order valence-electron chi connectivity index (χ1n) is 7.79. The maximum Gasteiger partial charge on any atom is 0.183 e. The molecule has 0 aromatic heterocycles. The summed E-state index contributed by atoms with van der Waals surface area (Å²) in [5.74, 6) is -0.822. The van der Waals surface area contributed by atoms with Crippen molar-refractivity contribution in [3.05, 3.63) is 54.1 Å². The SMILES string of the molecule is N#CC1(C#N)[C@@H]2C=C[C@@H]3C=C(c4ccccc4)[C@@H]([C@@H]32)C1(C#N)C#N. The van der Waals surface area contributed by atoms with Crippen molar-refractivity contribution in [1.82, 2.24) is 0 Å². The molecule has 1 aromatic carbocycles. The average molecular weight is 308 g/mol. The van der Waals surface area contributed by atoms with Crippen molar-refractivity contribution in [3.8, 4) is 24.3 Å². The predicted octanol–water partition coefficient (Wildman–Crippen LogP) is 3.20. The lowest BCUT2D eigenvalue weighted by Gasteiger charge is -2.30. The molecule has 112 valence electrons. The molecule has 3 aliphatic carbocycles. The zero-order chi connectivity index (χ0) is 16.9. The maximum atomic E-state index is 9.93. The highest BCUT2D eigenvalue weighted by Crippen LogP contribution is 2.71. The molecule has 4 heteroatoms. The molecule has 1 fully saturated rings. The van der Waals surface area contributed by atoms with Crippen molar-refractivity contribution in [1.29, 1.82) is 21.0 Å². The molecule has 1 aromatic rings. The zero-order valence-electron chi connectivity index (χ0n) is 12.7. The first-order valence-corrected chi connectivity index (χ1v) is 7.79. The molecular weight excluding hydrogens is 296 g/mol. The molecule has 0 N–H and O–H groups in total. The van der Waals surface area contributed by atoms with Gasteiger partial charge in [0.25, 0.3) is 0 Å². The number of hydrogen-bond donors (Lipinski definition) is 0. The van der Waals surface area contributed by atoms with Crippen molar-refractivity contribution in [2.24, 2.45) is 34.5 Å². The Morgan fingerprint density at radius 3 is 2.00 bits per heavy atom. The van der Waals surface area contributed by atoms with Crippen LogP contribution in [0.25, 0.3) is 5.57 Å². The maximum absolute atomic E-state index is 9.93. The van der Waals surface area contributed by atoms with Crippen LogP contribution in [0, 0.1) is 79.8 Å². The third-order valence-corrected chi connectivity index (χ3v) is 5.89. The lowest BCUT2D eigenvalue weighted by molar-refractivity contribution is 0.294. The van der Waals surface area contributed by atoms with E-state index >= 15 is 0 Å². The average Bonchev–Trinajstić information content (AvgIpc) is 3.27. The highest BCUT2D eigenvalue weighted by Gasteiger charge is 2.75. The van der Waals surface area contributed by atoms with Gasteiger partial charge in [0.05, 0.1) is 24.3 Å². The second-order valence-corrected chi connectivity index (χ2v) is 6.59. The van der Waals surface area contributed by atoms with E-state index in [2.05, 4.69) is 30.4 Å². The number of hydrogen-bond acceptors (Lipinski definition) is 4. The van der Waals surface area contributed by atoms with E-state index in [1.54, 1.807) is 0 Å². The molecular formula is C20H12N4. The Balaban J connectivity index is 2.01. The Bertz CT molecular complexity index is 915. The van der Waals surface area contributed by atoms with Gasteiger partial charge in [-0.2, -0.15) is 21.0 Å². The van der Waals surface area contributed by atoms with Gasteiger partial charge >= 0.3 is 0 Å². The summed E-state index contributed by atoms with van der Waals surface area (Å²) in [5, 5.41) is 39.5. The quantitative estimate of drug-likeness (QED) is 0.744. The molecule has 0 spiro atoms. The van der Waals surface area contributed by atoms with Crippen molar-refractivity contribution in [2.45, 2.75) is 0 Å². The molecule has 24 heavy (non-hydrogen) atoms. The van der Waals surface area contributed by atoms with Gasteiger partial charge in [-0.15, -0.1) is 0 Å². The zero-order valence-corrected chi connectivity index (χ0v) is 12.7. The smallest absolute Gasteiger partial charge is 0.183 e. The molecule has 0 bridgehead atoms. The van der Waals surface area contributed by atoms with Crippen LogP contribution in [0.4, 0.5) is 0 Å². The Morgan fingerprint density at radius 2 is 1.42 bits per heavy atom. The summed E-state index contributed by atoms with van der Waals surface area (Å²) in [7, 11) is 0. The van der Waals surface area contributed by atoms with E-state index in [9.17, 15) is 21.0 Å². The second kappa shape index (κ2) is 4.58. The van der Waals surface area contributed by atoms with Crippen molar-refractivity contribution in [3.63, 3.8) is 0 Å². The Hall–Kier alpha value is -3.34. The van der Waals surface area contributed by atoms with Crippen molar-refractivity contribution in [2.75, 3.05) is 0 Å². The van der Waals surface area contributed by atoms with E-state index in [4.69, 9.17) is 0 Å². The van der Waals surface area contributed by atoms with Crippen LogP contribution >= 0.6 is 0 Å². The second-order valence-electron chi connectivity index (χ2n) is 6.59. The fourth-order valence-corrected chi connectivity index (χ4v) is 4.92. The fourth-order valence-electron chi connectivity index (χ4n) is 4.92. The number of nitriles is 4. The van der Waals surface area contributed by atoms with Crippen LogP contribution in [-0.2, 0) is 0 Å². The molecule has 0 aliphatic heterocycles. The molecule has 0 unspecified atom stereocenters. The molecule has 0 heterocycles. The van der Waals surface area contributed by atoms with Gasteiger partial charge in [0.15, 0.2) is 10.8 Å². The van der Waals surface area contributed by atoms with Gasteiger partial charge in [-0.1, -0.05) is 48.6 Å². The van der Waals surface area contributed by atoms with Gasteiger partial charge in [-0.3, -0.25) is 0 Å². The molecule has 4 rings (SSSR count). The van der Waals surface area contributed by atoms with E-state index < -0.39 is 16.7 Å². The van der Waals surface area contributed by atoms with Gasteiger partial charge in [0.2, 0.25) is 0 Å². The van der Waals surface area contributed by atoms with Crippen molar-refractivity contribution < 1.29 is 0 Å². The number of allylic oxidation sites excluding steroid dienone is 4. The molecule has 1 saturated carbocycles. The van der Waals surface area contributed by atoms with Crippen LogP contribution in [0.15, 0.2) is 48.6 Å². The standard InChI is InChI=1S/C20H12N4/c21-9-19(10-22)16-7-6-14-8-15(13-4-2-1-3-5-13)18(17(14)16)20(19,11-23)12-24/h1-8,14,16-18H/t14-,16-,17+,18+/m1/s1. The Kier molecular flexibility index (Phi) is 2.72. The molecule has 0 amide bonds. The third-order valence-electron chi connectivity index (χ3n) is 5.89. The van der Waals surface area contributed by atoms with E-state index in [0.29, 0.717) is 0 Å². The topological polar surface area (TPSA) is 95.2 Å². The van der Waals surface area contributed by atoms with Crippen LogP contribution in [-0.4, -0.2) is 0 Å². The van der Waals surface area contributed by atoms with Gasteiger partial charge in [0.1, 0.15) is 0 Å². The minimum absolute atomic E-state index is 0.0693. The van der Waals surface area contributed by atoms with Gasteiger partial charge in [-0.25, -0.2) is 0 Å². The molecule has 4 atom stereocenters. The summed E-state index contributed by atoms with van der Waals surface area (Å²) in [5.41, 5.74) is -1.43. The predicted molar refractivity (Wildman–Crippen MR) is 84.8 cm³/mol. The van der Waals surface area contributed by atoms with E-state index in [1.807, 2.05) is 42.5 Å². The molecule has 0 radical (unpaired) electrons. The summed E-state index contributed by atoms with van der Waals surface area (Å²) in [4.78, 5) is 0. The minimum Gasteiger partial charge on any atom is -0.196 e. The van der Waals surface area contributed by atoms with Crippen LogP contribution in [0.2, 0.25) is 0 Å². The molecule has 4 nitrogen and oxygen atoms in total. The first kappa shape index (κ1) is 14.3. The van der Waals surface area contributed by atoms with Crippen LogP contribution < -0.4 is 0 Å². The summed E-state index contributed by atoms with van der Waals surface area (Å²) in [6.45, 7) is 0. The Morgan fingerprint density at radius 1 is 0.792 bits per heavy atom. The van der Waals surface area contributed by atoms with E-state index in [1.165, 1.54) is 0 Å². The minimum atomic E-state index is -1.66. The van der Waals surface area contributed by atoms with Crippen molar-refractivity contribution >= 4 is 5.57 Å². The monoisotopic (exact) mass is 308 g/mol. The van der Waals surface area contributed by atoms with E-state index in [-0.39, 0.29) is 17.8 Å². The number of nitrogens with zero attached hydrogens (tertiary/aromatic N) is 4. The van der Waals surface area contributed by atoms with Gasteiger partial charge < -0.3 is 0 Å².